The normalized spacial score (nSPS) is 15.3. The fourth-order valence-electron chi connectivity index (χ4n) is 0.643. The second kappa shape index (κ2) is 7.14. The first-order valence-corrected chi connectivity index (χ1v) is 4.96. The average molecular weight is 209 g/mol. The van der Waals surface area contributed by atoms with E-state index in [9.17, 15) is 4.79 Å². The summed E-state index contributed by atoms with van der Waals surface area (Å²) in [5, 5.41) is 17.6. The molecule has 0 bridgehead atoms. The van der Waals surface area contributed by atoms with Crippen LogP contribution in [0, 0.1) is 0 Å². The van der Waals surface area contributed by atoms with E-state index in [0.29, 0.717) is 11.5 Å². The molecule has 0 saturated carbocycles. The number of hydrogen-bond donors (Lipinski definition) is 3. The van der Waals surface area contributed by atoms with E-state index in [1.54, 1.807) is 0 Å². The summed E-state index contributed by atoms with van der Waals surface area (Å²) in [6.45, 7) is 0.259. The molecule has 0 saturated heterocycles. The standard InChI is InChI=1S/C7H15NO4S/c1-12-2-5(9)3-13-4-6(8)7(10)11/h5-6,9H,2-4,8H2,1H3,(H,10,11). The van der Waals surface area contributed by atoms with E-state index in [1.807, 2.05) is 0 Å². The van der Waals surface area contributed by atoms with Crippen molar-refractivity contribution in [2.75, 3.05) is 25.2 Å². The van der Waals surface area contributed by atoms with Crippen LogP contribution in [0.3, 0.4) is 0 Å². The largest absolute Gasteiger partial charge is 0.480 e. The topological polar surface area (TPSA) is 92.8 Å². The average Bonchev–Trinajstić information content (AvgIpc) is 2.04. The number of rotatable bonds is 7. The number of hydrogen-bond acceptors (Lipinski definition) is 5. The molecule has 0 fully saturated rings. The molecule has 5 nitrogen and oxygen atoms in total. The van der Waals surface area contributed by atoms with Gasteiger partial charge in [0.25, 0.3) is 0 Å². The van der Waals surface area contributed by atoms with Crippen molar-refractivity contribution < 1.29 is 19.7 Å². The number of aliphatic hydroxyl groups excluding tert-OH is 1. The van der Waals surface area contributed by atoms with Crippen LogP contribution in [0.5, 0.6) is 0 Å². The van der Waals surface area contributed by atoms with E-state index in [-0.39, 0.29) is 6.61 Å². The molecule has 2 unspecified atom stereocenters. The Hall–Kier alpha value is -0.300. The van der Waals surface area contributed by atoms with E-state index in [0.717, 1.165) is 0 Å². The first kappa shape index (κ1) is 12.7. The Kier molecular flexibility index (Phi) is 6.97. The second-order valence-electron chi connectivity index (χ2n) is 2.59. The molecule has 0 heterocycles. The van der Waals surface area contributed by atoms with Gasteiger partial charge in [0.15, 0.2) is 0 Å². The van der Waals surface area contributed by atoms with Crippen molar-refractivity contribution in [3.05, 3.63) is 0 Å². The highest BCUT2D eigenvalue weighted by Crippen LogP contribution is 2.04. The molecule has 0 aromatic heterocycles. The predicted molar refractivity (Wildman–Crippen MR) is 50.8 cm³/mol. The number of ether oxygens (including phenoxy) is 1. The van der Waals surface area contributed by atoms with Crippen LogP contribution in [0.15, 0.2) is 0 Å². The molecule has 0 radical (unpaired) electrons. The zero-order valence-corrected chi connectivity index (χ0v) is 8.29. The van der Waals surface area contributed by atoms with E-state index in [1.165, 1.54) is 18.9 Å². The molecular formula is C7H15NO4S. The molecule has 0 aliphatic rings. The van der Waals surface area contributed by atoms with Gasteiger partial charge in [-0.1, -0.05) is 0 Å². The van der Waals surface area contributed by atoms with Gasteiger partial charge in [-0.25, -0.2) is 0 Å². The Morgan fingerprint density at radius 2 is 2.23 bits per heavy atom. The number of aliphatic hydroxyl groups is 1. The van der Waals surface area contributed by atoms with Crippen LogP contribution >= 0.6 is 11.8 Å². The first-order valence-electron chi connectivity index (χ1n) is 3.81. The molecule has 6 heteroatoms. The Morgan fingerprint density at radius 3 is 2.69 bits per heavy atom. The lowest BCUT2D eigenvalue weighted by molar-refractivity contribution is -0.137. The van der Waals surface area contributed by atoms with Gasteiger partial charge in [0.05, 0.1) is 12.7 Å². The minimum absolute atomic E-state index is 0.259. The molecule has 0 rings (SSSR count). The summed E-state index contributed by atoms with van der Waals surface area (Å²) in [6, 6.07) is -0.861. The smallest absolute Gasteiger partial charge is 0.321 e. The van der Waals surface area contributed by atoms with Gasteiger partial charge in [-0.3, -0.25) is 4.79 Å². The maximum atomic E-state index is 10.3. The molecular weight excluding hydrogens is 194 g/mol. The fraction of sp³-hybridized carbons (Fsp3) is 0.857. The van der Waals surface area contributed by atoms with Crippen molar-refractivity contribution in [2.45, 2.75) is 12.1 Å². The number of carboxylic acids is 1. The van der Waals surface area contributed by atoms with Gasteiger partial charge in [0.2, 0.25) is 0 Å². The highest BCUT2D eigenvalue weighted by atomic mass is 32.2. The highest BCUT2D eigenvalue weighted by Gasteiger charge is 2.12. The Morgan fingerprint density at radius 1 is 1.62 bits per heavy atom. The maximum Gasteiger partial charge on any atom is 0.321 e. The molecule has 13 heavy (non-hydrogen) atoms. The van der Waals surface area contributed by atoms with Crippen molar-refractivity contribution in [3.63, 3.8) is 0 Å². The van der Waals surface area contributed by atoms with Crippen molar-refractivity contribution in [1.82, 2.24) is 0 Å². The molecule has 0 spiro atoms. The van der Waals surface area contributed by atoms with Gasteiger partial charge in [-0.05, 0) is 0 Å². The number of aliphatic carboxylic acids is 1. The van der Waals surface area contributed by atoms with Gasteiger partial charge in [0.1, 0.15) is 6.04 Å². The first-order chi connectivity index (χ1) is 6.07. The van der Waals surface area contributed by atoms with Crippen molar-refractivity contribution >= 4 is 17.7 Å². The van der Waals surface area contributed by atoms with Crippen LogP contribution < -0.4 is 5.73 Å². The summed E-state index contributed by atoms with van der Waals surface area (Å²) >= 11 is 1.30. The van der Waals surface area contributed by atoms with E-state index in [4.69, 9.17) is 20.7 Å². The second-order valence-corrected chi connectivity index (χ2v) is 3.67. The van der Waals surface area contributed by atoms with E-state index < -0.39 is 18.1 Å². The third kappa shape index (κ3) is 6.83. The lowest BCUT2D eigenvalue weighted by Crippen LogP contribution is -2.33. The van der Waals surface area contributed by atoms with Gasteiger partial charge in [-0.15, -0.1) is 0 Å². The quantitative estimate of drug-likeness (QED) is 0.505. The minimum atomic E-state index is -1.02. The molecule has 78 valence electrons. The van der Waals surface area contributed by atoms with Crippen molar-refractivity contribution in [3.8, 4) is 0 Å². The third-order valence-corrected chi connectivity index (χ3v) is 2.50. The molecule has 2 atom stereocenters. The van der Waals surface area contributed by atoms with Crippen LogP contribution in [0.1, 0.15) is 0 Å². The zero-order chi connectivity index (χ0) is 10.3. The minimum Gasteiger partial charge on any atom is -0.480 e. The van der Waals surface area contributed by atoms with Crippen molar-refractivity contribution in [1.29, 1.82) is 0 Å². The summed E-state index contributed by atoms with van der Waals surface area (Å²) in [6.07, 6.45) is -0.559. The lowest BCUT2D eigenvalue weighted by Gasteiger charge is -2.10. The number of thioether (sulfide) groups is 1. The van der Waals surface area contributed by atoms with Gasteiger partial charge in [-0.2, -0.15) is 11.8 Å². The van der Waals surface area contributed by atoms with Gasteiger partial charge < -0.3 is 20.7 Å². The molecule has 0 amide bonds. The van der Waals surface area contributed by atoms with Crippen LogP contribution in [-0.2, 0) is 9.53 Å². The van der Waals surface area contributed by atoms with Gasteiger partial charge in [0, 0.05) is 18.6 Å². The predicted octanol–water partition coefficient (Wildman–Crippen LogP) is -0.861. The summed E-state index contributed by atoms with van der Waals surface area (Å²) in [5.41, 5.74) is 5.24. The number of carbonyl (C=O) groups is 1. The SMILES string of the molecule is COCC(O)CSCC(N)C(=O)O. The zero-order valence-electron chi connectivity index (χ0n) is 7.47. The summed E-state index contributed by atoms with van der Waals surface area (Å²) in [7, 11) is 1.50. The molecule has 0 aromatic rings. The van der Waals surface area contributed by atoms with Crippen LogP contribution in [-0.4, -0.2) is 53.6 Å². The molecule has 0 aliphatic heterocycles. The summed E-state index contributed by atoms with van der Waals surface area (Å²) < 4.78 is 4.70. The molecule has 0 aromatic carbocycles. The summed E-state index contributed by atoms with van der Waals surface area (Å²) in [5.74, 6) is -0.279. The highest BCUT2D eigenvalue weighted by molar-refractivity contribution is 7.99. The van der Waals surface area contributed by atoms with E-state index >= 15 is 0 Å². The maximum absolute atomic E-state index is 10.3. The molecule has 0 aliphatic carbocycles. The number of carboxylic acid groups (broad SMARTS) is 1. The van der Waals surface area contributed by atoms with Crippen LogP contribution in [0.4, 0.5) is 0 Å². The number of methoxy groups -OCH3 is 1. The Balaban J connectivity index is 3.39. The van der Waals surface area contributed by atoms with Crippen LogP contribution in [0.25, 0.3) is 0 Å². The van der Waals surface area contributed by atoms with Crippen molar-refractivity contribution in [2.24, 2.45) is 5.73 Å². The molecule has 4 N–H and O–H groups in total. The fourth-order valence-corrected chi connectivity index (χ4v) is 1.54. The summed E-state index contributed by atoms with van der Waals surface area (Å²) in [4.78, 5) is 10.3. The van der Waals surface area contributed by atoms with E-state index in [2.05, 4.69) is 0 Å². The van der Waals surface area contributed by atoms with Crippen LogP contribution in [0.2, 0.25) is 0 Å². The Bertz CT molecular complexity index is 155. The third-order valence-electron chi connectivity index (χ3n) is 1.28. The number of nitrogens with two attached hydrogens (primary N) is 1. The monoisotopic (exact) mass is 209 g/mol. The van der Waals surface area contributed by atoms with Gasteiger partial charge >= 0.3 is 5.97 Å². The lowest BCUT2D eigenvalue weighted by atomic mass is 10.4. The Labute approximate surface area is 81.3 Å².